The molecule has 0 radical (unpaired) electrons. The summed E-state index contributed by atoms with van der Waals surface area (Å²) in [6.07, 6.45) is 5.73. The minimum Gasteiger partial charge on any atom is -0.478 e. The molecule has 2 aliphatic rings. The van der Waals surface area contributed by atoms with Gasteiger partial charge in [0.1, 0.15) is 0 Å². The first-order chi connectivity index (χ1) is 13.4. The zero-order valence-corrected chi connectivity index (χ0v) is 16.2. The third kappa shape index (κ3) is 3.10. The molecule has 1 atom stereocenters. The van der Waals surface area contributed by atoms with Crippen LogP contribution in [0, 0.1) is 0 Å². The van der Waals surface area contributed by atoms with Crippen molar-refractivity contribution in [3.05, 3.63) is 52.8 Å². The third-order valence-electron chi connectivity index (χ3n) is 5.85. The van der Waals surface area contributed by atoms with Gasteiger partial charge in [-0.3, -0.25) is 4.79 Å². The number of likely N-dealkylation sites (tertiary alicyclic amines) is 1. The summed E-state index contributed by atoms with van der Waals surface area (Å²) >= 11 is 0. The predicted octanol–water partition coefficient (Wildman–Crippen LogP) is 2.36. The molecule has 1 spiro atoms. The van der Waals surface area contributed by atoms with E-state index in [9.17, 15) is 14.7 Å². The van der Waals surface area contributed by atoms with Crippen molar-refractivity contribution in [3.63, 3.8) is 0 Å². The average Bonchev–Trinajstić information content (AvgIpc) is 3.04. The maximum Gasteiger partial charge on any atom is 0.335 e. The van der Waals surface area contributed by atoms with E-state index in [0.717, 1.165) is 31.4 Å². The maximum atomic E-state index is 13.1. The number of piperidine rings is 1. The number of aryl methyl sites for hydroxylation is 1. The van der Waals surface area contributed by atoms with Gasteiger partial charge in [-0.1, -0.05) is 6.07 Å². The van der Waals surface area contributed by atoms with Gasteiger partial charge in [-0.25, -0.2) is 14.8 Å². The maximum absolute atomic E-state index is 13.1. The van der Waals surface area contributed by atoms with Crippen LogP contribution in [-0.4, -0.2) is 59.0 Å². The van der Waals surface area contributed by atoms with Crippen molar-refractivity contribution < 1.29 is 14.7 Å². The van der Waals surface area contributed by atoms with Gasteiger partial charge in [-0.05, 0) is 49.4 Å². The number of aromatic nitrogens is 2. The van der Waals surface area contributed by atoms with E-state index in [1.165, 1.54) is 17.7 Å². The van der Waals surface area contributed by atoms with Crippen LogP contribution in [0.5, 0.6) is 0 Å². The molecule has 1 aliphatic carbocycles. The first-order valence-corrected chi connectivity index (χ1v) is 9.56. The Morgan fingerprint density at radius 1 is 1.21 bits per heavy atom. The van der Waals surface area contributed by atoms with Gasteiger partial charge in [0.2, 0.25) is 5.95 Å². The second-order valence-electron chi connectivity index (χ2n) is 7.93. The molecular weight excluding hydrogens is 356 g/mol. The Labute approximate surface area is 164 Å². The molecule has 146 valence electrons. The Kier molecular flexibility index (Phi) is 4.53. The van der Waals surface area contributed by atoms with Gasteiger partial charge >= 0.3 is 5.97 Å². The van der Waals surface area contributed by atoms with Crippen molar-refractivity contribution in [3.8, 4) is 0 Å². The summed E-state index contributed by atoms with van der Waals surface area (Å²) in [6.45, 7) is 1.29. The molecule has 1 aromatic heterocycles. The van der Waals surface area contributed by atoms with Crippen LogP contribution in [0.15, 0.2) is 30.5 Å². The lowest BCUT2D eigenvalue weighted by molar-refractivity contribution is 0.0633. The van der Waals surface area contributed by atoms with Crippen LogP contribution in [0.3, 0.4) is 0 Å². The molecule has 1 unspecified atom stereocenters. The van der Waals surface area contributed by atoms with Gasteiger partial charge in [0, 0.05) is 44.4 Å². The largest absolute Gasteiger partial charge is 0.478 e. The Morgan fingerprint density at radius 3 is 2.75 bits per heavy atom. The number of fused-ring (bicyclic) bond motifs is 2. The highest BCUT2D eigenvalue weighted by atomic mass is 16.4. The number of carboxylic acids is 1. The highest BCUT2D eigenvalue weighted by Gasteiger charge is 2.45. The molecule has 0 saturated carbocycles. The van der Waals surface area contributed by atoms with E-state index in [1.807, 2.05) is 30.1 Å². The van der Waals surface area contributed by atoms with Crippen LogP contribution in [0.1, 0.15) is 51.2 Å². The topological polar surface area (TPSA) is 86.6 Å². The van der Waals surface area contributed by atoms with E-state index in [0.29, 0.717) is 24.6 Å². The lowest BCUT2D eigenvalue weighted by atomic mass is 9.77. The molecule has 1 aromatic carbocycles. The number of anilines is 1. The molecule has 7 heteroatoms. The third-order valence-corrected chi connectivity index (χ3v) is 5.85. The van der Waals surface area contributed by atoms with Crippen molar-refractivity contribution in [2.45, 2.75) is 31.1 Å². The van der Waals surface area contributed by atoms with Crippen molar-refractivity contribution in [1.29, 1.82) is 0 Å². The summed E-state index contributed by atoms with van der Waals surface area (Å²) in [5.74, 6) is -0.447. The van der Waals surface area contributed by atoms with Crippen molar-refractivity contribution in [2.75, 3.05) is 32.1 Å². The monoisotopic (exact) mass is 380 g/mol. The van der Waals surface area contributed by atoms with E-state index in [4.69, 9.17) is 4.98 Å². The molecular formula is C21H24N4O3. The van der Waals surface area contributed by atoms with Crippen molar-refractivity contribution in [1.82, 2.24) is 14.9 Å². The van der Waals surface area contributed by atoms with Gasteiger partial charge in [0.05, 0.1) is 11.3 Å². The number of amides is 1. The lowest BCUT2D eigenvalue weighted by Crippen LogP contribution is -2.48. The van der Waals surface area contributed by atoms with E-state index >= 15 is 0 Å². The molecule has 4 rings (SSSR count). The van der Waals surface area contributed by atoms with Gasteiger partial charge < -0.3 is 14.9 Å². The van der Waals surface area contributed by atoms with Gasteiger partial charge in [-0.15, -0.1) is 0 Å². The second kappa shape index (κ2) is 6.89. The second-order valence-corrected chi connectivity index (χ2v) is 7.93. The molecule has 1 N–H and O–H groups in total. The normalized spacial score (nSPS) is 20.9. The van der Waals surface area contributed by atoms with Crippen LogP contribution >= 0.6 is 0 Å². The minimum absolute atomic E-state index is 0.113. The summed E-state index contributed by atoms with van der Waals surface area (Å²) in [5, 5.41) is 9.21. The SMILES string of the molecule is CN(C)c1ncc2c(n1)C1(CCCN(C(=O)c3cccc(C(=O)O)c3)C1)CC2. The van der Waals surface area contributed by atoms with Crippen LogP contribution < -0.4 is 4.90 Å². The van der Waals surface area contributed by atoms with Gasteiger partial charge in [-0.2, -0.15) is 0 Å². The minimum atomic E-state index is -1.03. The molecule has 2 heterocycles. The number of hydrogen-bond acceptors (Lipinski definition) is 5. The summed E-state index contributed by atoms with van der Waals surface area (Å²) < 4.78 is 0. The van der Waals surface area contributed by atoms with E-state index < -0.39 is 5.97 Å². The van der Waals surface area contributed by atoms with E-state index in [-0.39, 0.29) is 16.9 Å². The molecule has 1 saturated heterocycles. The Hall–Kier alpha value is -2.96. The fourth-order valence-corrected chi connectivity index (χ4v) is 4.42. The number of aromatic carboxylic acids is 1. The zero-order chi connectivity index (χ0) is 19.9. The van der Waals surface area contributed by atoms with E-state index in [2.05, 4.69) is 4.98 Å². The quantitative estimate of drug-likeness (QED) is 0.880. The fraction of sp³-hybridized carbons (Fsp3) is 0.429. The van der Waals surface area contributed by atoms with Crippen LogP contribution in [0.4, 0.5) is 5.95 Å². The highest BCUT2D eigenvalue weighted by Crippen LogP contribution is 2.44. The summed E-state index contributed by atoms with van der Waals surface area (Å²) in [5.41, 5.74) is 2.66. The number of nitrogens with zero attached hydrogens (tertiary/aromatic N) is 4. The van der Waals surface area contributed by atoms with E-state index in [1.54, 1.807) is 12.1 Å². The zero-order valence-electron chi connectivity index (χ0n) is 16.2. The predicted molar refractivity (Wildman–Crippen MR) is 105 cm³/mol. The standard InChI is InChI=1S/C21H24N4O3/c1-24(2)20-22-12-16-7-9-21(17(16)23-20)8-4-10-25(13-21)18(26)14-5-3-6-15(11-14)19(27)28/h3,5-6,11-12H,4,7-10,13H2,1-2H3,(H,27,28). The molecule has 28 heavy (non-hydrogen) atoms. The lowest BCUT2D eigenvalue weighted by Gasteiger charge is -2.40. The van der Waals surface area contributed by atoms with Crippen LogP contribution in [-0.2, 0) is 11.8 Å². The molecule has 7 nitrogen and oxygen atoms in total. The summed E-state index contributed by atoms with van der Waals surface area (Å²) in [4.78, 5) is 37.4. The van der Waals surface area contributed by atoms with Gasteiger partial charge in [0.15, 0.2) is 0 Å². The number of carboxylic acid groups (broad SMARTS) is 1. The number of carbonyl (C=O) groups is 2. The van der Waals surface area contributed by atoms with Crippen LogP contribution in [0.2, 0.25) is 0 Å². The number of carbonyl (C=O) groups excluding carboxylic acids is 1. The Morgan fingerprint density at radius 2 is 2.00 bits per heavy atom. The summed E-state index contributed by atoms with van der Waals surface area (Å²) in [7, 11) is 3.85. The fourth-order valence-electron chi connectivity index (χ4n) is 4.42. The highest BCUT2D eigenvalue weighted by molar-refractivity contribution is 5.97. The molecule has 1 aliphatic heterocycles. The number of hydrogen-bond donors (Lipinski definition) is 1. The molecule has 2 aromatic rings. The van der Waals surface area contributed by atoms with Crippen LogP contribution in [0.25, 0.3) is 0 Å². The number of rotatable bonds is 3. The average molecular weight is 380 g/mol. The Bertz CT molecular complexity index is 939. The smallest absolute Gasteiger partial charge is 0.335 e. The summed E-state index contributed by atoms with van der Waals surface area (Å²) in [6, 6.07) is 6.27. The first-order valence-electron chi connectivity index (χ1n) is 9.56. The first kappa shape index (κ1) is 18.4. The van der Waals surface area contributed by atoms with Crippen molar-refractivity contribution >= 4 is 17.8 Å². The molecule has 1 amide bonds. The molecule has 1 fully saturated rings. The Balaban J connectivity index is 1.63. The van der Waals surface area contributed by atoms with Gasteiger partial charge in [0.25, 0.3) is 5.91 Å². The molecule has 0 bridgehead atoms. The number of benzene rings is 1. The van der Waals surface area contributed by atoms with Crippen molar-refractivity contribution in [2.24, 2.45) is 0 Å².